The van der Waals surface area contributed by atoms with Gasteiger partial charge >= 0.3 is 0 Å². The molecule has 0 saturated carbocycles. The predicted octanol–water partition coefficient (Wildman–Crippen LogP) is 2.99. The molecule has 0 saturated heterocycles. The average Bonchev–Trinajstić information content (AvgIpc) is 2.54. The first-order valence-corrected chi connectivity index (χ1v) is 8.20. The molecule has 2 amide bonds. The first kappa shape index (κ1) is 17.2. The van der Waals surface area contributed by atoms with E-state index in [0.717, 1.165) is 15.6 Å². The lowest BCUT2D eigenvalue weighted by Crippen LogP contribution is -2.38. The molecule has 0 radical (unpaired) electrons. The lowest BCUT2D eigenvalue weighted by molar-refractivity contribution is -0.126. The molecule has 0 aliphatic rings. The molecule has 0 aliphatic carbocycles. The van der Waals surface area contributed by atoms with Crippen LogP contribution in [-0.4, -0.2) is 18.4 Å². The molecule has 2 N–H and O–H groups in total. The molecule has 2 rings (SSSR count). The summed E-state index contributed by atoms with van der Waals surface area (Å²) in [4.78, 5) is 23.8. The summed E-state index contributed by atoms with van der Waals surface area (Å²) in [6.07, 6.45) is 0.272. The highest BCUT2D eigenvalue weighted by Gasteiger charge is 2.12. The van der Waals surface area contributed by atoms with Gasteiger partial charge in [0.05, 0.1) is 19.0 Å². The van der Waals surface area contributed by atoms with Crippen molar-refractivity contribution in [1.29, 1.82) is 0 Å². The summed E-state index contributed by atoms with van der Waals surface area (Å²) < 4.78 is 0.945. The van der Waals surface area contributed by atoms with E-state index in [0.29, 0.717) is 0 Å². The molecule has 4 nitrogen and oxygen atoms in total. The molecule has 2 aromatic carbocycles. The summed E-state index contributed by atoms with van der Waals surface area (Å²) in [6.45, 7) is 1.88. The van der Waals surface area contributed by atoms with Crippen molar-refractivity contribution in [2.24, 2.45) is 0 Å². The zero-order chi connectivity index (χ0) is 16.7. The van der Waals surface area contributed by atoms with E-state index in [2.05, 4.69) is 26.6 Å². The van der Waals surface area contributed by atoms with Crippen LogP contribution in [0.25, 0.3) is 0 Å². The van der Waals surface area contributed by atoms with Gasteiger partial charge in [0.2, 0.25) is 11.8 Å². The van der Waals surface area contributed by atoms with Crippen LogP contribution in [0.5, 0.6) is 0 Å². The van der Waals surface area contributed by atoms with E-state index in [1.54, 1.807) is 0 Å². The molecule has 120 valence electrons. The molecular weight excluding hydrogens is 356 g/mol. The summed E-state index contributed by atoms with van der Waals surface area (Å²) in [5, 5.41) is 5.51. The van der Waals surface area contributed by atoms with Gasteiger partial charge in [0.15, 0.2) is 0 Å². The van der Waals surface area contributed by atoms with Crippen LogP contribution < -0.4 is 10.6 Å². The Kier molecular flexibility index (Phi) is 6.35. The van der Waals surface area contributed by atoms with E-state index >= 15 is 0 Å². The highest BCUT2D eigenvalue weighted by atomic mass is 79.9. The fourth-order valence-electron chi connectivity index (χ4n) is 2.22. The predicted molar refractivity (Wildman–Crippen MR) is 93.9 cm³/mol. The third-order valence-corrected chi connectivity index (χ3v) is 4.13. The lowest BCUT2D eigenvalue weighted by Gasteiger charge is -2.16. The van der Waals surface area contributed by atoms with Crippen LogP contribution in [0.4, 0.5) is 0 Å². The van der Waals surface area contributed by atoms with Gasteiger partial charge in [-0.2, -0.15) is 0 Å². The van der Waals surface area contributed by atoms with Crippen LogP contribution in [-0.2, 0) is 16.0 Å². The van der Waals surface area contributed by atoms with Gasteiger partial charge in [-0.15, -0.1) is 0 Å². The van der Waals surface area contributed by atoms with Gasteiger partial charge in [-0.05, 0) is 24.1 Å². The zero-order valence-electron chi connectivity index (χ0n) is 12.9. The maximum Gasteiger partial charge on any atom is 0.239 e. The number of amides is 2. The topological polar surface area (TPSA) is 58.2 Å². The van der Waals surface area contributed by atoms with Gasteiger partial charge in [-0.25, -0.2) is 0 Å². The second-order valence-electron chi connectivity index (χ2n) is 5.25. The largest absolute Gasteiger partial charge is 0.348 e. The quantitative estimate of drug-likeness (QED) is 0.816. The van der Waals surface area contributed by atoms with Crippen molar-refractivity contribution in [1.82, 2.24) is 10.6 Å². The summed E-state index contributed by atoms with van der Waals surface area (Å²) in [7, 11) is 0. The Balaban J connectivity index is 1.79. The molecule has 2 aromatic rings. The van der Waals surface area contributed by atoms with Gasteiger partial charge in [-0.1, -0.05) is 64.5 Å². The van der Waals surface area contributed by atoms with Crippen LogP contribution in [0, 0.1) is 0 Å². The highest BCUT2D eigenvalue weighted by Crippen LogP contribution is 2.22. The Hall–Kier alpha value is -2.14. The van der Waals surface area contributed by atoms with Gasteiger partial charge in [0, 0.05) is 4.47 Å². The van der Waals surface area contributed by atoms with E-state index in [4.69, 9.17) is 0 Å². The molecule has 0 heterocycles. The molecule has 0 fully saturated rings. The van der Waals surface area contributed by atoms with E-state index in [9.17, 15) is 9.59 Å². The lowest BCUT2D eigenvalue weighted by atomic mass is 10.1. The molecule has 23 heavy (non-hydrogen) atoms. The first-order valence-electron chi connectivity index (χ1n) is 7.40. The molecule has 1 atom stereocenters. The third-order valence-electron chi connectivity index (χ3n) is 3.40. The Bertz CT molecular complexity index is 674. The molecule has 5 heteroatoms. The fraction of sp³-hybridized carbons (Fsp3) is 0.222. The van der Waals surface area contributed by atoms with Crippen molar-refractivity contribution < 1.29 is 9.59 Å². The summed E-state index contributed by atoms with van der Waals surface area (Å²) >= 11 is 3.47. The summed E-state index contributed by atoms with van der Waals surface area (Å²) in [5.74, 6) is -0.380. The van der Waals surface area contributed by atoms with Crippen molar-refractivity contribution in [3.8, 4) is 0 Å². The van der Waals surface area contributed by atoms with Gasteiger partial charge in [0.25, 0.3) is 0 Å². The Morgan fingerprint density at radius 2 is 1.65 bits per heavy atom. The highest BCUT2D eigenvalue weighted by molar-refractivity contribution is 9.10. The first-order chi connectivity index (χ1) is 11.1. The SMILES string of the molecule is CC(NC(=O)CNC(=O)Cc1ccccc1)c1ccccc1Br. The van der Waals surface area contributed by atoms with Gasteiger partial charge in [0.1, 0.15) is 0 Å². The molecule has 0 aliphatic heterocycles. The third kappa shape index (κ3) is 5.53. The smallest absolute Gasteiger partial charge is 0.239 e. The van der Waals surface area contributed by atoms with Crippen LogP contribution in [0.3, 0.4) is 0 Å². The van der Waals surface area contributed by atoms with E-state index < -0.39 is 0 Å². The number of nitrogens with one attached hydrogen (secondary N) is 2. The number of hydrogen-bond donors (Lipinski definition) is 2. The standard InChI is InChI=1S/C18H19BrN2O2/c1-13(15-9-5-6-10-16(15)19)21-18(23)12-20-17(22)11-14-7-3-2-4-8-14/h2-10,13H,11-12H2,1H3,(H,20,22)(H,21,23). The van der Waals surface area contributed by atoms with Crippen molar-refractivity contribution in [2.75, 3.05) is 6.54 Å². The van der Waals surface area contributed by atoms with Crippen LogP contribution in [0.1, 0.15) is 24.1 Å². The maximum absolute atomic E-state index is 12.0. The second-order valence-corrected chi connectivity index (χ2v) is 6.10. The average molecular weight is 375 g/mol. The second kappa shape index (κ2) is 8.48. The minimum absolute atomic E-state index is 0.0273. The Morgan fingerprint density at radius 1 is 1.00 bits per heavy atom. The number of hydrogen-bond acceptors (Lipinski definition) is 2. The Labute approximate surface area is 144 Å². The van der Waals surface area contributed by atoms with Crippen molar-refractivity contribution >= 4 is 27.7 Å². The minimum atomic E-state index is -0.213. The summed E-state index contributed by atoms with van der Waals surface area (Å²) in [6, 6.07) is 17.0. The van der Waals surface area contributed by atoms with Crippen LogP contribution in [0.2, 0.25) is 0 Å². The zero-order valence-corrected chi connectivity index (χ0v) is 14.5. The molecular formula is C18H19BrN2O2. The van der Waals surface area contributed by atoms with E-state index in [1.165, 1.54) is 0 Å². The monoisotopic (exact) mass is 374 g/mol. The molecule has 1 unspecified atom stereocenters. The maximum atomic E-state index is 12.0. The van der Waals surface area contributed by atoms with Crippen LogP contribution >= 0.6 is 15.9 Å². The number of carbonyl (C=O) groups is 2. The van der Waals surface area contributed by atoms with E-state index in [1.807, 2.05) is 61.5 Å². The number of halogens is 1. The van der Waals surface area contributed by atoms with Gasteiger partial charge < -0.3 is 10.6 Å². The number of carbonyl (C=O) groups excluding carboxylic acids is 2. The Morgan fingerprint density at radius 3 is 2.35 bits per heavy atom. The number of benzene rings is 2. The molecule has 0 bridgehead atoms. The van der Waals surface area contributed by atoms with Crippen molar-refractivity contribution in [3.63, 3.8) is 0 Å². The van der Waals surface area contributed by atoms with Gasteiger partial charge in [-0.3, -0.25) is 9.59 Å². The summed E-state index contributed by atoms with van der Waals surface area (Å²) in [5.41, 5.74) is 1.92. The minimum Gasteiger partial charge on any atom is -0.348 e. The number of rotatable bonds is 6. The fourth-order valence-corrected chi connectivity index (χ4v) is 2.85. The molecule has 0 spiro atoms. The van der Waals surface area contributed by atoms with Crippen molar-refractivity contribution in [3.05, 3.63) is 70.2 Å². The van der Waals surface area contributed by atoms with Crippen LogP contribution in [0.15, 0.2) is 59.1 Å². The van der Waals surface area contributed by atoms with Crippen molar-refractivity contribution in [2.45, 2.75) is 19.4 Å². The normalized spacial score (nSPS) is 11.6. The molecule has 0 aromatic heterocycles. The van der Waals surface area contributed by atoms with E-state index in [-0.39, 0.29) is 30.8 Å².